The normalized spacial score (nSPS) is 20.5. The molecule has 1 aliphatic heterocycles. The third-order valence-electron chi connectivity index (χ3n) is 4.33. The summed E-state index contributed by atoms with van der Waals surface area (Å²) in [6, 6.07) is 13.3. The number of methoxy groups -OCH3 is 1. The van der Waals surface area contributed by atoms with Crippen molar-refractivity contribution >= 4 is 11.7 Å². The van der Waals surface area contributed by atoms with E-state index in [1.165, 1.54) is 12.1 Å². The largest absolute Gasteiger partial charge is 0.497 e. The minimum atomic E-state index is -0.810. The Hall–Kier alpha value is -2.56. The molecule has 0 spiro atoms. The zero-order valence-corrected chi connectivity index (χ0v) is 12.8. The highest BCUT2D eigenvalue weighted by atomic mass is 19.1. The zero-order valence-electron chi connectivity index (χ0n) is 12.8. The summed E-state index contributed by atoms with van der Waals surface area (Å²) in [7, 11) is 1.59. The number of ether oxygens (including phenoxy) is 1. The molecule has 0 saturated carbocycles. The van der Waals surface area contributed by atoms with Crippen LogP contribution in [0, 0.1) is 11.7 Å². The third-order valence-corrected chi connectivity index (χ3v) is 4.33. The second-order valence-corrected chi connectivity index (χ2v) is 5.62. The number of carboxylic acid groups (broad SMARTS) is 1. The number of halogens is 1. The van der Waals surface area contributed by atoms with Crippen LogP contribution in [0.3, 0.4) is 0 Å². The van der Waals surface area contributed by atoms with Gasteiger partial charge in [-0.25, -0.2) is 4.39 Å². The second kappa shape index (κ2) is 6.28. The van der Waals surface area contributed by atoms with Gasteiger partial charge >= 0.3 is 5.97 Å². The molecule has 23 heavy (non-hydrogen) atoms. The summed E-state index contributed by atoms with van der Waals surface area (Å²) < 4.78 is 18.3. The number of aliphatic carboxylic acids is 1. The van der Waals surface area contributed by atoms with Gasteiger partial charge < -0.3 is 14.7 Å². The van der Waals surface area contributed by atoms with Crippen molar-refractivity contribution in [2.75, 3.05) is 18.6 Å². The van der Waals surface area contributed by atoms with Crippen LogP contribution in [0.4, 0.5) is 10.1 Å². The SMILES string of the molecule is COc1ccc([C@@H]2[C@H](C(=O)O)CCN2c2ccc(F)cc2)cc1. The van der Waals surface area contributed by atoms with E-state index in [1.54, 1.807) is 19.2 Å². The molecule has 0 amide bonds. The summed E-state index contributed by atoms with van der Waals surface area (Å²) in [5.41, 5.74) is 1.75. The average Bonchev–Trinajstić information content (AvgIpc) is 3.01. The lowest BCUT2D eigenvalue weighted by atomic mass is 9.93. The zero-order chi connectivity index (χ0) is 16.4. The maximum absolute atomic E-state index is 13.2. The molecule has 1 heterocycles. The molecule has 2 aromatic rings. The molecule has 1 N–H and O–H groups in total. The highest BCUT2D eigenvalue weighted by molar-refractivity contribution is 5.74. The molecule has 3 rings (SSSR count). The van der Waals surface area contributed by atoms with E-state index in [1.807, 2.05) is 29.2 Å². The Morgan fingerprint density at radius 3 is 2.39 bits per heavy atom. The molecule has 5 heteroatoms. The average molecular weight is 315 g/mol. The van der Waals surface area contributed by atoms with Crippen LogP contribution in [0.1, 0.15) is 18.0 Å². The highest BCUT2D eigenvalue weighted by Crippen LogP contribution is 2.41. The van der Waals surface area contributed by atoms with Crippen LogP contribution >= 0.6 is 0 Å². The summed E-state index contributed by atoms with van der Waals surface area (Å²) in [5, 5.41) is 9.54. The van der Waals surface area contributed by atoms with Gasteiger partial charge in [0.05, 0.1) is 19.1 Å². The van der Waals surface area contributed by atoms with Crippen molar-refractivity contribution in [3.8, 4) is 5.75 Å². The van der Waals surface area contributed by atoms with Crippen molar-refractivity contribution in [3.05, 3.63) is 59.9 Å². The molecule has 0 radical (unpaired) electrons. The lowest BCUT2D eigenvalue weighted by molar-refractivity contribution is -0.141. The summed E-state index contributed by atoms with van der Waals surface area (Å²) in [6.07, 6.45) is 0.559. The molecule has 0 aromatic heterocycles. The Morgan fingerprint density at radius 2 is 1.83 bits per heavy atom. The minimum Gasteiger partial charge on any atom is -0.497 e. The molecule has 2 atom stereocenters. The van der Waals surface area contributed by atoms with Crippen LogP contribution in [0.2, 0.25) is 0 Å². The van der Waals surface area contributed by atoms with Gasteiger partial charge in [0.15, 0.2) is 0 Å². The molecule has 0 bridgehead atoms. The molecule has 1 fully saturated rings. The predicted molar refractivity (Wildman–Crippen MR) is 85.2 cm³/mol. The van der Waals surface area contributed by atoms with Gasteiger partial charge in [-0.3, -0.25) is 4.79 Å². The smallest absolute Gasteiger partial charge is 0.309 e. The first-order valence-corrected chi connectivity index (χ1v) is 7.49. The van der Waals surface area contributed by atoms with Crippen LogP contribution in [-0.2, 0) is 4.79 Å². The van der Waals surface area contributed by atoms with E-state index in [2.05, 4.69) is 0 Å². The molecular formula is C18H18FNO3. The lowest BCUT2D eigenvalue weighted by Gasteiger charge is -2.29. The second-order valence-electron chi connectivity index (χ2n) is 5.62. The van der Waals surface area contributed by atoms with E-state index in [9.17, 15) is 14.3 Å². The van der Waals surface area contributed by atoms with Gasteiger partial charge in [0.25, 0.3) is 0 Å². The van der Waals surface area contributed by atoms with Crippen LogP contribution in [-0.4, -0.2) is 24.7 Å². The van der Waals surface area contributed by atoms with Gasteiger partial charge in [0.2, 0.25) is 0 Å². The van der Waals surface area contributed by atoms with Crippen LogP contribution in [0.15, 0.2) is 48.5 Å². The monoisotopic (exact) mass is 315 g/mol. The molecular weight excluding hydrogens is 297 g/mol. The minimum absolute atomic E-state index is 0.274. The number of nitrogens with zero attached hydrogens (tertiary/aromatic N) is 1. The van der Waals surface area contributed by atoms with Crippen molar-refractivity contribution in [1.29, 1.82) is 0 Å². The molecule has 1 aliphatic rings. The first-order chi connectivity index (χ1) is 11.1. The van der Waals surface area contributed by atoms with Crippen molar-refractivity contribution in [1.82, 2.24) is 0 Å². The highest BCUT2D eigenvalue weighted by Gasteiger charge is 2.39. The molecule has 4 nitrogen and oxygen atoms in total. The van der Waals surface area contributed by atoms with Crippen LogP contribution in [0.5, 0.6) is 5.75 Å². The Morgan fingerprint density at radius 1 is 1.17 bits per heavy atom. The molecule has 2 aromatic carbocycles. The number of anilines is 1. The fourth-order valence-corrected chi connectivity index (χ4v) is 3.19. The number of carboxylic acids is 1. The fraction of sp³-hybridized carbons (Fsp3) is 0.278. The summed E-state index contributed by atoms with van der Waals surface area (Å²) >= 11 is 0. The van der Waals surface area contributed by atoms with Crippen LogP contribution in [0.25, 0.3) is 0 Å². The number of rotatable bonds is 4. The molecule has 0 unspecified atom stereocenters. The molecule has 120 valence electrons. The van der Waals surface area contributed by atoms with E-state index >= 15 is 0 Å². The molecule has 0 aliphatic carbocycles. The van der Waals surface area contributed by atoms with Crippen molar-refractivity contribution in [2.24, 2.45) is 5.92 Å². The number of benzene rings is 2. The Kier molecular flexibility index (Phi) is 4.19. The van der Waals surface area contributed by atoms with E-state index in [4.69, 9.17) is 4.74 Å². The predicted octanol–water partition coefficient (Wildman–Crippen LogP) is 3.49. The fourth-order valence-electron chi connectivity index (χ4n) is 3.19. The van der Waals surface area contributed by atoms with Gasteiger partial charge in [0, 0.05) is 12.2 Å². The Bertz CT molecular complexity index is 684. The van der Waals surface area contributed by atoms with Crippen LogP contribution < -0.4 is 9.64 Å². The Balaban J connectivity index is 1.97. The van der Waals surface area contributed by atoms with Gasteiger partial charge in [-0.05, 0) is 48.4 Å². The summed E-state index contributed by atoms with van der Waals surface area (Å²) in [5.74, 6) is -0.875. The number of hydrogen-bond acceptors (Lipinski definition) is 3. The number of carbonyl (C=O) groups is 1. The first-order valence-electron chi connectivity index (χ1n) is 7.49. The quantitative estimate of drug-likeness (QED) is 0.938. The van der Waals surface area contributed by atoms with E-state index in [0.717, 1.165) is 17.0 Å². The lowest BCUT2D eigenvalue weighted by Crippen LogP contribution is -2.28. The van der Waals surface area contributed by atoms with E-state index < -0.39 is 11.9 Å². The van der Waals surface area contributed by atoms with Crippen molar-refractivity contribution in [3.63, 3.8) is 0 Å². The van der Waals surface area contributed by atoms with E-state index in [-0.39, 0.29) is 11.9 Å². The third kappa shape index (κ3) is 2.99. The van der Waals surface area contributed by atoms with Gasteiger partial charge in [-0.2, -0.15) is 0 Å². The maximum atomic E-state index is 13.2. The first kappa shape index (κ1) is 15.3. The maximum Gasteiger partial charge on any atom is 0.309 e. The topological polar surface area (TPSA) is 49.8 Å². The summed E-state index contributed by atoms with van der Waals surface area (Å²) in [4.78, 5) is 13.7. The number of hydrogen-bond donors (Lipinski definition) is 1. The van der Waals surface area contributed by atoms with Gasteiger partial charge in [-0.15, -0.1) is 0 Å². The Labute approximate surface area is 134 Å². The van der Waals surface area contributed by atoms with Gasteiger partial charge in [-0.1, -0.05) is 12.1 Å². The van der Waals surface area contributed by atoms with Gasteiger partial charge in [0.1, 0.15) is 11.6 Å². The standard InChI is InChI=1S/C18H18FNO3/c1-23-15-8-2-12(3-9-15)17-16(18(21)22)10-11-20(17)14-6-4-13(19)5-7-14/h2-9,16-17H,10-11H2,1H3,(H,21,22)/t16-,17-/m1/s1. The van der Waals surface area contributed by atoms with Crippen molar-refractivity contribution in [2.45, 2.75) is 12.5 Å². The summed E-state index contributed by atoms with van der Waals surface area (Å²) in [6.45, 7) is 0.624. The van der Waals surface area contributed by atoms with E-state index in [0.29, 0.717) is 13.0 Å². The van der Waals surface area contributed by atoms with Crippen molar-refractivity contribution < 1.29 is 19.0 Å². The molecule has 1 saturated heterocycles.